The smallest absolute Gasteiger partial charge is 0.141 e. The van der Waals surface area contributed by atoms with Gasteiger partial charge in [-0.05, 0) is 48.4 Å². The number of thiophene rings is 1. The first-order valence-corrected chi connectivity index (χ1v) is 11.0. The van der Waals surface area contributed by atoms with Crippen molar-refractivity contribution >= 4 is 27.4 Å². The predicted octanol–water partition coefficient (Wildman–Crippen LogP) is 3.84. The van der Waals surface area contributed by atoms with Crippen LogP contribution in [0.1, 0.15) is 29.3 Å². The first-order valence-electron chi connectivity index (χ1n) is 10.2. The van der Waals surface area contributed by atoms with Crippen LogP contribution >= 0.6 is 11.3 Å². The number of hydrogen-bond acceptors (Lipinski definition) is 6. The fourth-order valence-electron chi connectivity index (χ4n) is 4.53. The van der Waals surface area contributed by atoms with E-state index in [0.717, 1.165) is 55.7 Å². The van der Waals surface area contributed by atoms with Crippen molar-refractivity contribution in [2.75, 3.05) is 31.1 Å². The number of phenolic OH excluding ortho intramolecular Hbond substituents is 1. The van der Waals surface area contributed by atoms with Crippen molar-refractivity contribution in [3.8, 4) is 5.75 Å². The van der Waals surface area contributed by atoms with Gasteiger partial charge in [-0.3, -0.25) is 4.90 Å². The van der Waals surface area contributed by atoms with Crippen LogP contribution in [-0.4, -0.2) is 46.2 Å². The maximum Gasteiger partial charge on any atom is 0.141 e. The molecule has 1 fully saturated rings. The first-order chi connectivity index (χ1) is 13.7. The molecular formula is C22H26N4OS. The second-order valence-electron chi connectivity index (χ2n) is 8.16. The molecule has 2 aliphatic rings. The lowest BCUT2D eigenvalue weighted by molar-refractivity contribution is 0.249. The number of anilines is 1. The summed E-state index contributed by atoms with van der Waals surface area (Å²) in [5.74, 6) is 2.25. The standard InChI is InChI=1S/C22H26N4OS/c1-15-5-6-18-19(11-15)28-22-20(18)21(23-14-24-22)26-9-7-25(8-10-26)13-16-3-2-4-17(27)12-16/h2-4,12,14-15,27H,5-11,13H2,1H3. The normalized spacial score (nSPS) is 20.5. The molecule has 0 bridgehead atoms. The number of piperazine rings is 1. The van der Waals surface area contributed by atoms with Crippen LogP contribution in [-0.2, 0) is 19.4 Å². The van der Waals surface area contributed by atoms with Crippen molar-refractivity contribution in [1.82, 2.24) is 14.9 Å². The van der Waals surface area contributed by atoms with Gasteiger partial charge in [0.2, 0.25) is 0 Å². The quantitative estimate of drug-likeness (QED) is 0.731. The number of nitrogens with zero attached hydrogens (tertiary/aromatic N) is 4. The molecule has 5 rings (SSSR count). The monoisotopic (exact) mass is 394 g/mol. The van der Waals surface area contributed by atoms with E-state index in [9.17, 15) is 5.11 Å². The van der Waals surface area contributed by atoms with Crippen LogP contribution < -0.4 is 4.90 Å². The molecule has 3 aromatic rings. The third-order valence-electron chi connectivity index (χ3n) is 6.06. The van der Waals surface area contributed by atoms with Gasteiger partial charge in [0, 0.05) is 37.6 Å². The number of fused-ring (bicyclic) bond motifs is 3. The molecule has 0 amide bonds. The Morgan fingerprint density at radius 1 is 1.18 bits per heavy atom. The summed E-state index contributed by atoms with van der Waals surface area (Å²) in [6.07, 6.45) is 5.36. The van der Waals surface area contributed by atoms with E-state index < -0.39 is 0 Å². The van der Waals surface area contributed by atoms with Crippen LogP contribution in [0.2, 0.25) is 0 Å². The van der Waals surface area contributed by atoms with Gasteiger partial charge in [-0.1, -0.05) is 19.1 Å². The van der Waals surface area contributed by atoms with Gasteiger partial charge in [-0.2, -0.15) is 0 Å². The summed E-state index contributed by atoms with van der Waals surface area (Å²) in [4.78, 5) is 16.9. The van der Waals surface area contributed by atoms with Crippen molar-refractivity contribution < 1.29 is 5.11 Å². The van der Waals surface area contributed by atoms with E-state index in [4.69, 9.17) is 4.98 Å². The van der Waals surface area contributed by atoms with Gasteiger partial charge >= 0.3 is 0 Å². The van der Waals surface area contributed by atoms with E-state index in [1.165, 1.54) is 34.2 Å². The second-order valence-corrected chi connectivity index (χ2v) is 9.25. The van der Waals surface area contributed by atoms with Crippen molar-refractivity contribution in [3.63, 3.8) is 0 Å². The molecule has 1 aromatic carbocycles. The van der Waals surface area contributed by atoms with E-state index in [2.05, 4.69) is 27.8 Å². The number of rotatable bonds is 3. The molecule has 0 radical (unpaired) electrons. The molecule has 0 saturated carbocycles. The highest BCUT2D eigenvalue weighted by molar-refractivity contribution is 7.19. The Kier molecular flexibility index (Phi) is 4.69. The molecule has 28 heavy (non-hydrogen) atoms. The van der Waals surface area contributed by atoms with E-state index in [0.29, 0.717) is 5.75 Å². The number of aromatic nitrogens is 2. The van der Waals surface area contributed by atoms with Crippen molar-refractivity contribution in [3.05, 3.63) is 46.6 Å². The zero-order valence-electron chi connectivity index (χ0n) is 16.3. The lowest BCUT2D eigenvalue weighted by atomic mass is 9.89. The highest BCUT2D eigenvalue weighted by Gasteiger charge is 2.26. The molecule has 0 spiro atoms. The Morgan fingerprint density at radius 2 is 2.04 bits per heavy atom. The lowest BCUT2D eigenvalue weighted by Crippen LogP contribution is -2.46. The molecule has 1 aliphatic carbocycles. The molecule has 146 valence electrons. The third-order valence-corrected chi connectivity index (χ3v) is 7.22. The minimum atomic E-state index is 0.344. The summed E-state index contributed by atoms with van der Waals surface area (Å²) < 4.78 is 0. The molecule has 3 heterocycles. The van der Waals surface area contributed by atoms with Crippen molar-refractivity contribution in [2.24, 2.45) is 5.92 Å². The topological polar surface area (TPSA) is 52.5 Å². The zero-order valence-corrected chi connectivity index (χ0v) is 17.1. The van der Waals surface area contributed by atoms with Crippen LogP contribution in [0.4, 0.5) is 5.82 Å². The fourth-order valence-corrected chi connectivity index (χ4v) is 5.87. The van der Waals surface area contributed by atoms with E-state index in [-0.39, 0.29) is 0 Å². The summed E-state index contributed by atoms with van der Waals surface area (Å²) in [7, 11) is 0. The van der Waals surface area contributed by atoms with Gasteiger partial charge < -0.3 is 10.0 Å². The van der Waals surface area contributed by atoms with Gasteiger partial charge in [0.25, 0.3) is 0 Å². The largest absolute Gasteiger partial charge is 0.508 e. The van der Waals surface area contributed by atoms with E-state index >= 15 is 0 Å². The first kappa shape index (κ1) is 17.9. The van der Waals surface area contributed by atoms with Crippen LogP contribution in [0.25, 0.3) is 10.2 Å². The predicted molar refractivity (Wildman–Crippen MR) is 114 cm³/mol. The Hall–Kier alpha value is -2.18. The fraction of sp³-hybridized carbons (Fsp3) is 0.455. The minimum Gasteiger partial charge on any atom is -0.508 e. The molecule has 1 atom stereocenters. The van der Waals surface area contributed by atoms with Crippen molar-refractivity contribution in [1.29, 1.82) is 0 Å². The van der Waals surface area contributed by atoms with Gasteiger partial charge in [0.05, 0.1) is 5.39 Å². The van der Waals surface area contributed by atoms with E-state index in [1.807, 2.05) is 23.5 Å². The Morgan fingerprint density at radius 3 is 2.86 bits per heavy atom. The molecule has 2 aromatic heterocycles. The average Bonchev–Trinajstić information content (AvgIpc) is 3.06. The summed E-state index contributed by atoms with van der Waals surface area (Å²) in [6.45, 7) is 7.20. The maximum atomic E-state index is 9.69. The third kappa shape index (κ3) is 3.35. The second kappa shape index (κ2) is 7.33. The summed E-state index contributed by atoms with van der Waals surface area (Å²) >= 11 is 1.87. The average molecular weight is 395 g/mol. The van der Waals surface area contributed by atoms with Crippen LogP contribution in [0.5, 0.6) is 5.75 Å². The van der Waals surface area contributed by atoms with Crippen molar-refractivity contribution in [2.45, 2.75) is 32.7 Å². The SMILES string of the molecule is CC1CCc2c(sc3ncnc(N4CCN(Cc5cccc(O)c5)CC4)c23)C1. The van der Waals surface area contributed by atoms with Gasteiger partial charge in [-0.25, -0.2) is 9.97 Å². The molecule has 5 nitrogen and oxygen atoms in total. The molecule has 6 heteroatoms. The summed E-state index contributed by atoms with van der Waals surface area (Å²) in [5.41, 5.74) is 2.68. The van der Waals surface area contributed by atoms with Crippen LogP contribution in [0, 0.1) is 5.92 Å². The van der Waals surface area contributed by atoms with Gasteiger partial charge in [0.15, 0.2) is 0 Å². The number of hydrogen-bond donors (Lipinski definition) is 1. The number of aromatic hydroxyl groups is 1. The highest BCUT2D eigenvalue weighted by atomic mass is 32.1. The number of aryl methyl sites for hydroxylation is 1. The summed E-state index contributed by atoms with van der Waals surface area (Å²) in [6, 6.07) is 7.58. The highest BCUT2D eigenvalue weighted by Crippen LogP contribution is 2.40. The molecule has 1 saturated heterocycles. The number of benzene rings is 1. The van der Waals surface area contributed by atoms with Gasteiger partial charge in [-0.15, -0.1) is 11.3 Å². The molecule has 1 aliphatic heterocycles. The number of phenols is 1. The van der Waals surface area contributed by atoms with Gasteiger partial charge in [0.1, 0.15) is 22.7 Å². The summed E-state index contributed by atoms with van der Waals surface area (Å²) in [5, 5.41) is 11.0. The van der Waals surface area contributed by atoms with Crippen LogP contribution in [0.15, 0.2) is 30.6 Å². The van der Waals surface area contributed by atoms with Crippen LogP contribution in [0.3, 0.4) is 0 Å². The Bertz CT molecular complexity index is 993. The maximum absolute atomic E-state index is 9.69. The molecule has 1 unspecified atom stereocenters. The minimum absolute atomic E-state index is 0.344. The van der Waals surface area contributed by atoms with E-state index in [1.54, 1.807) is 12.4 Å². The Labute approximate surface area is 169 Å². The zero-order chi connectivity index (χ0) is 19.1. The Balaban J connectivity index is 1.34. The molecular weight excluding hydrogens is 368 g/mol. The molecule has 1 N–H and O–H groups in total. The lowest BCUT2D eigenvalue weighted by Gasteiger charge is -2.35.